The lowest BCUT2D eigenvalue weighted by Crippen LogP contribution is -2.29. The predicted octanol–water partition coefficient (Wildman–Crippen LogP) is 24.0. The second kappa shape index (κ2) is 52.6. The van der Waals surface area contributed by atoms with Crippen LogP contribution in [0.2, 0.25) is 0 Å². The summed E-state index contributed by atoms with van der Waals surface area (Å²) < 4.78 is 43.8. The number of fused-ring (bicyclic) bond motifs is 4. The molecule has 14 aliphatic rings. The predicted molar refractivity (Wildman–Crippen MR) is 418 cm³/mol. The lowest BCUT2D eigenvalue weighted by molar-refractivity contribution is 0.0528. The van der Waals surface area contributed by atoms with Crippen molar-refractivity contribution in [3.05, 3.63) is 47.5 Å². The summed E-state index contributed by atoms with van der Waals surface area (Å²) in [6.07, 6.45) is 64.2. The SMILES string of the molecule is CCOCC1C2CC3CC(C2)C1C3.CCOCC1CC2C=CC1C2.CCOCC1CCC(C2CCCCC2)CC1.CCOCC1CCC2CCCCC2C1.CCOCC1CCCC1.CCOCC1CCCCCC1.CCOCC1CCCCCCC1.CCOCC1Cc2ccccc2C1. The zero-order valence-electron chi connectivity index (χ0n) is 66.4. The first-order chi connectivity index (χ1) is 48.8. The van der Waals surface area contributed by atoms with Crippen molar-refractivity contribution in [1.29, 1.82) is 0 Å². The van der Waals surface area contributed by atoms with Crippen molar-refractivity contribution in [1.82, 2.24) is 0 Å². The van der Waals surface area contributed by atoms with Gasteiger partial charge in [0.2, 0.25) is 0 Å². The lowest BCUT2D eigenvalue weighted by atomic mass is 9.68. The monoisotopic (exact) mass is 1380 g/mol. The van der Waals surface area contributed by atoms with Gasteiger partial charge in [0, 0.05) is 106 Å². The number of hydrogen-bond acceptors (Lipinski definition) is 8. The Hall–Kier alpha value is -1.36. The van der Waals surface area contributed by atoms with Gasteiger partial charge in [-0.2, -0.15) is 0 Å². The van der Waals surface area contributed by atoms with E-state index in [1.165, 1.54) is 255 Å². The van der Waals surface area contributed by atoms with E-state index in [4.69, 9.17) is 37.9 Å². The summed E-state index contributed by atoms with van der Waals surface area (Å²) in [5.41, 5.74) is 3.04. The van der Waals surface area contributed by atoms with Crippen molar-refractivity contribution in [2.45, 2.75) is 319 Å². The zero-order chi connectivity index (χ0) is 69.8. The highest BCUT2D eigenvalue weighted by Gasteiger charge is 2.53. The molecule has 8 nitrogen and oxygen atoms in total. The van der Waals surface area contributed by atoms with Crippen LogP contribution in [0.1, 0.15) is 317 Å². The molecule has 11 unspecified atom stereocenters. The van der Waals surface area contributed by atoms with Crippen molar-refractivity contribution < 1.29 is 37.9 Å². The molecule has 0 aliphatic heterocycles. The molecule has 15 rings (SSSR count). The van der Waals surface area contributed by atoms with Crippen molar-refractivity contribution in [3.8, 4) is 0 Å². The molecule has 6 bridgehead atoms. The van der Waals surface area contributed by atoms with Gasteiger partial charge in [0.25, 0.3) is 0 Å². The van der Waals surface area contributed by atoms with E-state index in [2.05, 4.69) is 91.8 Å². The van der Waals surface area contributed by atoms with Gasteiger partial charge < -0.3 is 37.9 Å². The minimum Gasteiger partial charge on any atom is -0.381 e. The Morgan fingerprint density at radius 3 is 1.10 bits per heavy atom. The molecule has 14 aliphatic carbocycles. The van der Waals surface area contributed by atoms with Gasteiger partial charge in [0.1, 0.15) is 0 Å². The molecule has 12 saturated carbocycles. The average Bonchev–Trinajstić information content (AvgIpc) is 1.62. The summed E-state index contributed by atoms with van der Waals surface area (Å²) in [5, 5.41) is 0. The molecule has 0 aromatic heterocycles. The molecule has 0 radical (unpaired) electrons. The van der Waals surface area contributed by atoms with Crippen LogP contribution in [-0.4, -0.2) is 106 Å². The van der Waals surface area contributed by atoms with E-state index in [1.807, 2.05) is 0 Å². The Labute approximate surface area is 613 Å². The van der Waals surface area contributed by atoms with Crippen LogP contribution in [-0.2, 0) is 50.7 Å². The first-order valence-electron chi connectivity index (χ1n) is 44.1. The van der Waals surface area contributed by atoms with E-state index >= 15 is 0 Å². The van der Waals surface area contributed by atoms with Crippen molar-refractivity contribution in [3.63, 3.8) is 0 Å². The van der Waals surface area contributed by atoms with Crippen molar-refractivity contribution >= 4 is 0 Å². The molecule has 1 aromatic rings. The van der Waals surface area contributed by atoms with Gasteiger partial charge in [-0.15, -0.1) is 0 Å². The maximum atomic E-state index is 5.62. The molecule has 1 aromatic carbocycles. The molecular weight excluding hydrogens is 1220 g/mol. The quantitative estimate of drug-likeness (QED) is 0.0708. The van der Waals surface area contributed by atoms with Crippen LogP contribution in [0.4, 0.5) is 0 Å². The van der Waals surface area contributed by atoms with Crippen LogP contribution >= 0.6 is 0 Å². The summed E-state index contributed by atoms with van der Waals surface area (Å²) in [7, 11) is 0. The average molecular weight is 1380 g/mol. The Balaban J connectivity index is 0.000000160. The van der Waals surface area contributed by atoms with Crippen LogP contribution in [0.3, 0.4) is 0 Å². The third-order valence-corrected chi connectivity index (χ3v) is 26.7. The Morgan fingerprint density at radius 2 is 0.636 bits per heavy atom. The summed E-state index contributed by atoms with van der Waals surface area (Å²) in [6.45, 7) is 31.8. The van der Waals surface area contributed by atoms with Gasteiger partial charge in [-0.1, -0.05) is 165 Å². The van der Waals surface area contributed by atoms with E-state index in [-0.39, 0.29) is 0 Å². The molecule has 0 heterocycles. The van der Waals surface area contributed by atoms with Crippen molar-refractivity contribution in [2.75, 3.05) is 106 Å². The number of allylic oxidation sites excluding steroid dienone is 2. The summed E-state index contributed by atoms with van der Waals surface area (Å²) in [4.78, 5) is 0. The molecule has 99 heavy (non-hydrogen) atoms. The van der Waals surface area contributed by atoms with Gasteiger partial charge >= 0.3 is 0 Å². The highest BCUT2D eigenvalue weighted by Crippen LogP contribution is 2.61. The minimum atomic E-state index is 0.720. The van der Waals surface area contributed by atoms with E-state index in [0.717, 1.165) is 212 Å². The van der Waals surface area contributed by atoms with Gasteiger partial charge in [-0.25, -0.2) is 0 Å². The highest BCUT2D eigenvalue weighted by atomic mass is 16.5. The standard InChI is InChI=1S/C15H28O.C13H24O.C12H20O.C12H16O.C11H22O.C10H16O.C10H20O.C8H16O/c1-2-16-12-13-8-10-15(11-9-13)14-6-4-3-5-7-14;1-2-14-10-11-7-8-12-5-3-4-6-13(12)9-11;1-2-13-7-12-10-4-8-3-9(6-10)11(12)5-8;1-2-13-9-10-7-11-5-3-4-6-12(11)8-10;1-2-12-10-11-8-6-4-3-5-7-9-11;1-2-11-7-10-6-8-3-4-9(10)5-8;1-2-11-9-10-7-5-3-4-6-8-10;1-2-9-7-8-5-3-4-6-8/h13-15H,2-12H2,1H3;11-13H,2-10H2,1H3;8-12H,2-7H2,1H3;3-6,10H,2,7-9H2,1H3;11H,2-10H2,1H3;3-4,8-10H,2,5-7H2,1H3;10H,2-9H2,1H3;8H,2-7H2,1H3. The summed E-state index contributed by atoms with van der Waals surface area (Å²) in [5.74, 6) is 17.3. The molecule has 8 heteroatoms. The Morgan fingerprint density at radius 1 is 0.273 bits per heavy atom. The fourth-order valence-electron chi connectivity index (χ4n) is 21.2. The number of rotatable bonds is 25. The smallest absolute Gasteiger partial charge is 0.0500 e. The fraction of sp³-hybridized carbons (Fsp3) is 0.912. The van der Waals surface area contributed by atoms with E-state index in [9.17, 15) is 0 Å². The molecule has 0 spiro atoms. The lowest BCUT2D eigenvalue weighted by Gasteiger charge is -2.39. The molecule has 0 saturated heterocycles. The third kappa shape index (κ3) is 32.7. The molecule has 12 fully saturated rings. The first-order valence-corrected chi connectivity index (χ1v) is 44.1. The number of ether oxygens (including phenoxy) is 8. The normalized spacial score (nSPS) is 31.0. The molecule has 11 atom stereocenters. The molecular formula is C91H162O8. The number of benzene rings is 1. The van der Waals surface area contributed by atoms with Crippen LogP contribution < -0.4 is 0 Å². The summed E-state index contributed by atoms with van der Waals surface area (Å²) in [6, 6.07) is 8.73. The molecule has 0 amide bonds. The van der Waals surface area contributed by atoms with Gasteiger partial charge in [0.15, 0.2) is 0 Å². The second-order valence-electron chi connectivity index (χ2n) is 33.9. The van der Waals surface area contributed by atoms with E-state index in [0.29, 0.717) is 0 Å². The molecule has 0 N–H and O–H groups in total. The maximum Gasteiger partial charge on any atom is 0.0500 e. The van der Waals surface area contributed by atoms with Gasteiger partial charge in [-0.05, 0) is 308 Å². The van der Waals surface area contributed by atoms with Crippen LogP contribution in [0.5, 0.6) is 0 Å². The Kier molecular flexibility index (Phi) is 45.1. The van der Waals surface area contributed by atoms with Gasteiger partial charge in [0.05, 0.1) is 0 Å². The van der Waals surface area contributed by atoms with E-state index in [1.54, 1.807) is 19.3 Å². The molecule has 574 valence electrons. The fourth-order valence-corrected chi connectivity index (χ4v) is 21.2. The van der Waals surface area contributed by atoms with Crippen LogP contribution in [0, 0.1) is 107 Å². The topological polar surface area (TPSA) is 73.8 Å². The summed E-state index contributed by atoms with van der Waals surface area (Å²) >= 11 is 0. The third-order valence-electron chi connectivity index (χ3n) is 26.7. The maximum absolute atomic E-state index is 5.62. The Bertz CT molecular complexity index is 2050. The highest BCUT2D eigenvalue weighted by molar-refractivity contribution is 5.32. The van der Waals surface area contributed by atoms with Crippen LogP contribution in [0.15, 0.2) is 36.4 Å². The minimum absolute atomic E-state index is 0.720. The largest absolute Gasteiger partial charge is 0.381 e. The van der Waals surface area contributed by atoms with Crippen molar-refractivity contribution in [2.24, 2.45) is 107 Å². The van der Waals surface area contributed by atoms with E-state index < -0.39 is 0 Å². The zero-order valence-corrected chi connectivity index (χ0v) is 66.4. The second-order valence-corrected chi connectivity index (χ2v) is 33.9. The van der Waals surface area contributed by atoms with Gasteiger partial charge in [-0.3, -0.25) is 0 Å². The number of hydrogen-bond donors (Lipinski definition) is 0. The first kappa shape index (κ1) is 84.9. The van der Waals surface area contributed by atoms with Crippen LogP contribution in [0.25, 0.3) is 0 Å².